The molecule has 0 bridgehead atoms. The molecule has 0 spiro atoms. The lowest BCUT2D eigenvalue weighted by molar-refractivity contribution is -0.138. The molecule has 0 heterocycles. The van der Waals surface area contributed by atoms with Gasteiger partial charge < -0.3 is 15.3 Å². The van der Waals surface area contributed by atoms with Crippen LogP contribution < -0.4 is 0 Å². The van der Waals surface area contributed by atoms with Gasteiger partial charge in [0, 0.05) is 17.6 Å². The Balaban J connectivity index is 4.64. The number of hydrogen-bond donors (Lipinski definition) is 3. The molecule has 0 unspecified atom stereocenters. The van der Waals surface area contributed by atoms with Crippen LogP contribution in [-0.4, -0.2) is 33.2 Å². The van der Waals surface area contributed by atoms with Crippen LogP contribution in [0.4, 0.5) is 0 Å². The lowest BCUT2D eigenvalue weighted by Gasteiger charge is -2.08. The van der Waals surface area contributed by atoms with Crippen LogP contribution >= 0.6 is 0 Å². The molecule has 0 rings (SSSR count). The number of carbonyl (C=O) groups is 3. The van der Waals surface area contributed by atoms with Gasteiger partial charge in [0.25, 0.3) is 0 Å². The fourth-order valence-corrected chi connectivity index (χ4v) is 2.09. The minimum Gasteiger partial charge on any atom is -0.481 e. The zero-order valence-corrected chi connectivity index (χ0v) is 12.4. The van der Waals surface area contributed by atoms with Crippen LogP contribution in [0.15, 0.2) is 11.1 Å². The second-order valence-electron chi connectivity index (χ2n) is 4.98. The quantitative estimate of drug-likeness (QED) is 0.377. The highest BCUT2D eigenvalue weighted by Gasteiger charge is 2.20. The third-order valence-electron chi connectivity index (χ3n) is 3.25. The van der Waals surface area contributed by atoms with Gasteiger partial charge in [-0.1, -0.05) is 39.0 Å². The van der Waals surface area contributed by atoms with Gasteiger partial charge in [-0.05, 0) is 19.3 Å². The van der Waals surface area contributed by atoms with E-state index in [1.54, 1.807) is 0 Å². The van der Waals surface area contributed by atoms with Gasteiger partial charge in [-0.2, -0.15) is 0 Å². The highest BCUT2D eigenvalue weighted by Crippen LogP contribution is 2.19. The van der Waals surface area contributed by atoms with E-state index in [0.717, 1.165) is 32.1 Å². The molecule has 6 heteroatoms. The minimum absolute atomic E-state index is 0.167. The minimum atomic E-state index is -1.35. The number of rotatable bonds is 12. The predicted molar refractivity (Wildman–Crippen MR) is 77.2 cm³/mol. The molecule has 120 valence electrons. The molecule has 0 fully saturated rings. The first-order chi connectivity index (χ1) is 9.90. The Labute approximate surface area is 124 Å². The summed E-state index contributed by atoms with van der Waals surface area (Å²) >= 11 is 0. The molecule has 0 aromatic carbocycles. The molecule has 21 heavy (non-hydrogen) atoms. The Morgan fingerprint density at radius 3 is 1.62 bits per heavy atom. The smallest absolute Gasteiger partial charge is 0.332 e. The number of carboxylic acids is 3. The van der Waals surface area contributed by atoms with E-state index in [-0.39, 0.29) is 30.4 Å². The van der Waals surface area contributed by atoms with Crippen molar-refractivity contribution in [3.05, 3.63) is 11.1 Å². The summed E-state index contributed by atoms with van der Waals surface area (Å²) in [4.78, 5) is 32.8. The number of aliphatic carboxylic acids is 3. The van der Waals surface area contributed by atoms with E-state index >= 15 is 0 Å². The van der Waals surface area contributed by atoms with E-state index in [0.29, 0.717) is 6.42 Å². The molecule has 0 saturated heterocycles. The number of unbranched alkanes of at least 4 members (excludes halogenated alkanes) is 5. The molecule has 6 nitrogen and oxygen atoms in total. The Bertz CT molecular complexity index is 397. The van der Waals surface area contributed by atoms with E-state index in [9.17, 15) is 14.4 Å². The molecule has 3 N–H and O–H groups in total. The van der Waals surface area contributed by atoms with Gasteiger partial charge in [0.2, 0.25) is 0 Å². The third-order valence-corrected chi connectivity index (χ3v) is 3.25. The maximum absolute atomic E-state index is 11.2. The first kappa shape index (κ1) is 19.1. The summed E-state index contributed by atoms with van der Waals surface area (Å²) in [6, 6.07) is 0. The van der Waals surface area contributed by atoms with Crippen molar-refractivity contribution in [3.63, 3.8) is 0 Å². The first-order valence-electron chi connectivity index (χ1n) is 7.30. The van der Waals surface area contributed by atoms with E-state index in [1.165, 1.54) is 0 Å². The average molecular weight is 300 g/mol. The third kappa shape index (κ3) is 8.83. The second kappa shape index (κ2) is 10.9. The Kier molecular flexibility index (Phi) is 9.92. The molecule has 0 atom stereocenters. The molecule has 0 aromatic heterocycles. The Morgan fingerprint density at radius 2 is 1.14 bits per heavy atom. The van der Waals surface area contributed by atoms with E-state index in [1.807, 2.05) is 0 Å². The standard InChI is InChI=1S/C15H24O6/c1-2-3-4-5-6-7-8-11(14(18)19)12(15(20)21)9-10-13(16)17/h2-10H2,1H3,(H,16,17)(H,18,19)(H,20,21). The van der Waals surface area contributed by atoms with Gasteiger partial charge in [0.15, 0.2) is 0 Å². The summed E-state index contributed by atoms with van der Waals surface area (Å²) in [5.74, 6) is -3.76. The summed E-state index contributed by atoms with van der Waals surface area (Å²) in [7, 11) is 0. The summed E-state index contributed by atoms with van der Waals surface area (Å²) in [5, 5.41) is 26.8. The van der Waals surface area contributed by atoms with E-state index < -0.39 is 17.9 Å². The Hall–Kier alpha value is -1.85. The van der Waals surface area contributed by atoms with Gasteiger partial charge >= 0.3 is 17.9 Å². The van der Waals surface area contributed by atoms with Crippen LogP contribution in [0.3, 0.4) is 0 Å². The van der Waals surface area contributed by atoms with Crippen molar-refractivity contribution in [2.75, 3.05) is 0 Å². The van der Waals surface area contributed by atoms with Crippen LogP contribution in [0.1, 0.15) is 64.7 Å². The maximum Gasteiger partial charge on any atom is 0.332 e. The zero-order valence-electron chi connectivity index (χ0n) is 12.4. The van der Waals surface area contributed by atoms with Crippen molar-refractivity contribution in [1.82, 2.24) is 0 Å². The second-order valence-corrected chi connectivity index (χ2v) is 4.98. The zero-order chi connectivity index (χ0) is 16.3. The van der Waals surface area contributed by atoms with Crippen LogP contribution in [0.5, 0.6) is 0 Å². The summed E-state index contributed by atoms with van der Waals surface area (Å²) in [5.41, 5.74) is -0.460. The molecule has 0 aliphatic carbocycles. The fraction of sp³-hybridized carbons (Fsp3) is 0.667. The van der Waals surface area contributed by atoms with Gasteiger partial charge in [-0.15, -0.1) is 0 Å². The van der Waals surface area contributed by atoms with Gasteiger partial charge in [-0.25, -0.2) is 9.59 Å². The normalized spacial score (nSPS) is 11.9. The van der Waals surface area contributed by atoms with Crippen molar-refractivity contribution < 1.29 is 29.7 Å². The monoisotopic (exact) mass is 300 g/mol. The molecular weight excluding hydrogens is 276 g/mol. The van der Waals surface area contributed by atoms with Crippen molar-refractivity contribution in [3.8, 4) is 0 Å². The number of carboxylic acid groups (broad SMARTS) is 3. The van der Waals surface area contributed by atoms with Crippen molar-refractivity contribution >= 4 is 17.9 Å². The van der Waals surface area contributed by atoms with E-state index in [4.69, 9.17) is 15.3 Å². The summed E-state index contributed by atoms with van der Waals surface area (Å²) in [6.07, 6.45) is 5.34. The van der Waals surface area contributed by atoms with Crippen LogP contribution in [0.2, 0.25) is 0 Å². The molecule has 0 saturated carbocycles. The van der Waals surface area contributed by atoms with E-state index in [2.05, 4.69) is 6.92 Å². The average Bonchev–Trinajstić information content (AvgIpc) is 2.39. The maximum atomic E-state index is 11.2. The van der Waals surface area contributed by atoms with Crippen LogP contribution in [-0.2, 0) is 14.4 Å². The topological polar surface area (TPSA) is 112 Å². The van der Waals surface area contributed by atoms with Crippen molar-refractivity contribution in [1.29, 1.82) is 0 Å². The fourth-order valence-electron chi connectivity index (χ4n) is 2.09. The van der Waals surface area contributed by atoms with Crippen molar-refractivity contribution in [2.45, 2.75) is 64.7 Å². The molecule has 0 amide bonds. The first-order valence-corrected chi connectivity index (χ1v) is 7.30. The molecule has 0 aliphatic heterocycles. The number of hydrogen-bond acceptors (Lipinski definition) is 3. The van der Waals surface area contributed by atoms with Gasteiger partial charge in [0.05, 0.1) is 0 Å². The van der Waals surface area contributed by atoms with Gasteiger partial charge in [-0.3, -0.25) is 4.79 Å². The largest absolute Gasteiger partial charge is 0.481 e. The lowest BCUT2D eigenvalue weighted by atomic mass is 9.97. The van der Waals surface area contributed by atoms with Gasteiger partial charge in [0.1, 0.15) is 0 Å². The molecule has 0 radical (unpaired) electrons. The molecular formula is C15H24O6. The molecule has 0 aromatic rings. The van der Waals surface area contributed by atoms with Crippen molar-refractivity contribution in [2.24, 2.45) is 0 Å². The summed E-state index contributed by atoms with van der Waals surface area (Å²) in [6.45, 7) is 2.10. The predicted octanol–water partition coefficient (Wildman–Crippen LogP) is 3.07. The van der Waals surface area contributed by atoms with Crippen LogP contribution in [0.25, 0.3) is 0 Å². The summed E-state index contributed by atoms with van der Waals surface area (Å²) < 4.78 is 0. The van der Waals surface area contributed by atoms with Crippen LogP contribution in [0, 0.1) is 0 Å². The SMILES string of the molecule is CCCCCCCCC(C(=O)O)=C(CCC(=O)O)C(=O)O. The Morgan fingerprint density at radius 1 is 0.667 bits per heavy atom. The highest BCUT2D eigenvalue weighted by molar-refractivity contribution is 5.99. The highest BCUT2D eigenvalue weighted by atomic mass is 16.4. The lowest BCUT2D eigenvalue weighted by Crippen LogP contribution is -2.13. The molecule has 0 aliphatic rings.